The van der Waals surface area contributed by atoms with Gasteiger partial charge in [-0.15, -0.1) is 0 Å². The number of β-lactam (4-membered cyclic amide) rings is 1. The molecule has 0 bridgehead atoms. The molecule has 3 fully saturated rings. The van der Waals surface area contributed by atoms with Crippen molar-refractivity contribution in [2.75, 3.05) is 26.2 Å². The van der Waals surface area contributed by atoms with E-state index in [-0.39, 0.29) is 42.2 Å². The first kappa shape index (κ1) is 17.3. The van der Waals surface area contributed by atoms with E-state index < -0.39 is 18.0 Å². The summed E-state index contributed by atoms with van der Waals surface area (Å²) in [7, 11) is 0. The highest BCUT2D eigenvalue weighted by molar-refractivity contribution is 6.00. The van der Waals surface area contributed by atoms with Crippen LogP contribution in [0.4, 0.5) is 4.79 Å². The van der Waals surface area contributed by atoms with Gasteiger partial charge < -0.3 is 30.6 Å². The van der Waals surface area contributed by atoms with Crippen LogP contribution in [0.3, 0.4) is 0 Å². The molecular weight excluding hydrogens is 340 g/mol. The molecule has 9 nitrogen and oxygen atoms in total. The number of hydrogen-bond donors (Lipinski definition) is 4. The van der Waals surface area contributed by atoms with Crippen LogP contribution < -0.4 is 10.6 Å². The van der Waals surface area contributed by atoms with Crippen molar-refractivity contribution in [1.29, 1.82) is 0 Å². The number of aliphatic carboxylic acids is 1. The molecule has 5 atom stereocenters. The third-order valence-electron chi connectivity index (χ3n) is 6.06. The molecule has 4 rings (SSSR count). The molecule has 142 valence electrons. The second kappa shape index (κ2) is 6.24. The fourth-order valence-corrected chi connectivity index (χ4v) is 4.82. The van der Waals surface area contributed by atoms with Crippen LogP contribution in [0.25, 0.3) is 0 Å². The van der Waals surface area contributed by atoms with Gasteiger partial charge in [-0.25, -0.2) is 9.59 Å². The molecule has 4 heterocycles. The Kier molecular flexibility index (Phi) is 4.15. The Labute approximate surface area is 151 Å². The lowest BCUT2D eigenvalue weighted by Crippen LogP contribution is -2.64. The minimum atomic E-state index is -1.15. The Hall–Kier alpha value is -2.13. The predicted octanol–water partition coefficient (Wildman–Crippen LogP) is -1.06. The van der Waals surface area contributed by atoms with Crippen molar-refractivity contribution in [2.45, 2.75) is 38.0 Å². The molecular formula is C17H24N4O5. The number of carbonyl (C=O) groups is 3. The number of carboxylic acid groups (broad SMARTS) is 1. The third-order valence-corrected chi connectivity index (χ3v) is 6.06. The Bertz CT molecular complexity index is 685. The van der Waals surface area contributed by atoms with Gasteiger partial charge in [-0.2, -0.15) is 0 Å². The normalized spacial score (nSPS) is 34.3. The number of likely N-dealkylation sites (tertiary alicyclic amines) is 1. The van der Waals surface area contributed by atoms with Crippen LogP contribution in [0.5, 0.6) is 0 Å². The molecule has 0 spiro atoms. The lowest BCUT2D eigenvalue weighted by molar-refractivity contribution is -0.163. The van der Waals surface area contributed by atoms with Crippen molar-refractivity contribution in [1.82, 2.24) is 20.4 Å². The quantitative estimate of drug-likeness (QED) is 0.474. The number of carbonyl (C=O) groups excluding carboxylic acids is 2. The molecule has 3 amide bonds. The Balaban J connectivity index is 1.54. The van der Waals surface area contributed by atoms with E-state index in [4.69, 9.17) is 0 Å². The van der Waals surface area contributed by atoms with Crippen LogP contribution in [0.1, 0.15) is 19.8 Å². The molecule has 0 saturated carbocycles. The highest BCUT2D eigenvalue weighted by atomic mass is 16.4. The number of piperidine rings is 1. The van der Waals surface area contributed by atoms with Gasteiger partial charge in [-0.05, 0) is 31.9 Å². The van der Waals surface area contributed by atoms with Crippen molar-refractivity contribution in [3.8, 4) is 0 Å². The number of nitrogens with one attached hydrogen (secondary N) is 2. The molecule has 0 radical (unpaired) electrons. The molecule has 4 aliphatic heterocycles. The van der Waals surface area contributed by atoms with Gasteiger partial charge in [-0.1, -0.05) is 0 Å². The largest absolute Gasteiger partial charge is 0.477 e. The maximum Gasteiger partial charge on any atom is 0.352 e. The van der Waals surface area contributed by atoms with Gasteiger partial charge in [-0.3, -0.25) is 4.79 Å². The molecule has 1 unspecified atom stereocenters. The summed E-state index contributed by atoms with van der Waals surface area (Å²) in [5.74, 6) is -2.14. The topological polar surface area (TPSA) is 122 Å². The van der Waals surface area contributed by atoms with E-state index in [9.17, 15) is 24.6 Å². The van der Waals surface area contributed by atoms with Crippen molar-refractivity contribution in [3.63, 3.8) is 0 Å². The van der Waals surface area contributed by atoms with Gasteiger partial charge in [0.1, 0.15) is 5.70 Å². The molecule has 9 heteroatoms. The van der Waals surface area contributed by atoms with E-state index in [1.807, 2.05) is 0 Å². The highest BCUT2D eigenvalue weighted by Crippen LogP contribution is 2.49. The smallest absolute Gasteiger partial charge is 0.352 e. The lowest BCUT2D eigenvalue weighted by atomic mass is 9.74. The van der Waals surface area contributed by atoms with Gasteiger partial charge in [0.05, 0.1) is 18.1 Å². The molecule has 0 aromatic rings. The lowest BCUT2D eigenvalue weighted by Gasteiger charge is -2.47. The fourth-order valence-electron chi connectivity index (χ4n) is 4.82. The van der Waals surface area contributed by atoms with Gasteiger partial charge >= 0.3 is 12.0 Å². The fraction of sp³-hybridized carbons (Fsp3) is 0.706. The summed E-state index contributed by atoms with van der Waals surface area (Å²) in [5, 5.41) is 25.7. The third kappa shape index (κ3) is 2.49. The minimum Gasteiger partial charge on any atom is -0.477 e. The van der Waals surface area contributed by atoms with Gasteiger partial charge in [0.15, 0.2) is 0 Å². The second-order valence-electron chi connectivity index (χ2n) is 7.60. The highest BCUT2D eigenvalue weighted by Gasteiger charge is 2.61. The number of carboxylic acids is 1. The Morgan fingerprint density at radius 2 is 2.12 bits per heavy atom. The standard InChI is InChI=1S/C17H24N4O5/c1-8(22)12-13-10-3-5-20(17(26)19-9-2-4-18-6-9)7-11(10)14(16(24)25)21(13)15(12)23/h8-10,12-13,18,22H,2-7H2,1H3,(H,19,26)(H,24,25)/t8-,9?,10+,12-,13-/m1/s1. The van der Waals surface area contributed by atoms with Crippen LogP contribution in [-0.4, -0.2) is 82.3 Å². The number of fused-ring (bicyclic) bond motifs is 3. The van der Waals surface area contributed by atoms with E-state index in [1.54, 1.807) is 11.8 Å². The number of urea groups is 1. The van der Waals surface area contributed by atoms with Gasteiger partial charge in [0.2, 0.25) is 5.91 Å². The van der Waals surface area contributed by atoms with E-state index in [0.717, 1.165) is 19.5 Å². The first-order valence-electron chi connectivity index (χ1n) is 9.13. The summed E-state index contributed by atoms with van der Waals surface area (Å²) in [6.45, 7) is 3.91. The molecule has 26 heavy (non-hydrogen) atoms. The van der Waals surface area contributed by atoms with Crippen molar-refractivity contribution >= 4 is 17.9 Å². The maximum atomic E-state index is 12.5. The zero-order valence-corrected chi connectivity index (χ0v) is 14.6. The average Bonchev–Trinajstić information content (AvgIpc) is 3.18. The van der Waals surface area contributed by atoms with Crippen LogP contribution >= 0.6 is 0 Å². The van der Waals surface area contributed by atoms with Crippen molar-refractivity contribution < 1.29 is 24.6 Å². The van der Waals surface area contributed by atoms with E-state index >= 15 is 0 Å². The number of hydrogen-bond acceptors (Lipinski definition) is 5. The second-order valence-corrected chi connectivity index (χ2v) is 7.60. The van der Waals surface area contributed by atoms with Gasteiger partial charge in [0, 0.05) is 31.6 Å². The van der Waals surface area contributed by atoms with Crippen molar-refractivity contribution in [3.05, 3.63) is 11.3 Å². The Morgan fingerprint density at radius 1 is 1.35 bits per heavy atom. The molecule has 0 aliphatic carbocycles. The number of rotatable bonds is 3. The summed E-state index contributed by atoms with van der Waals surface area (Å²) in [5.41, 5.74) is 0.631. The summed E-state index contributed by atoms with van der Waals surface area (Å²) in [6, 6.07) is -0.396. The van der Waals surface area contributed by atoms with Crippen LogP contribution in [0, 0.1) is 11.8 Å². The average molecular weight is 364 g/mol. The molecule has 4 N–H and O–H groups in total. The summed E-state index contributed by atoms with van der Waals surface area (Å²) in [4.78, 5) is 39.6. The molecule has 3 saturated heterocycles. The number of aliphatic hydroxyl groups is 1. The Morgan fingerprint density at radius 3 is 2.73 bits per heavy atom. The van der Waals surface area contributed by atoms with Crippen LogP contribution in [0.2, 0.25) is 0 Å². The first-order chi connectivity index (χ1) is 12.4. The number of aliphatic hydroxyl groups excluding tert-OH is 1. The molecule has 0 aromatic carbocycles. The number of amides is 3. The zero-order valence-electron chi connectivity index (χ0n) is 14.6. The van der Waals surface area contributed by atoms with Crippen LogP contribution in [0.15, 0.2) is 11.3 Å². The van der Waals surface area contributed by atoms with E-state index in [1.165, 1.54) is 4.90 Å². The van der Waals surface area contributed by atoms with Gasteiger partial charge in [0.25, 0.3) is 0 Å². The summed E-state index contributed by atoms with van der Waals surface area (Å²) < 4.78 is 0. The van der Waals surface area contributed by atoms with E-state index in [2.05, 4.69) is 10.6 Å². The number of nitrogens with zero attached hydrogens (tertiary/aromatic N) is 2. The minimum absolute atomic E-state index is 0.00179. The van der Waals surface area contributed by atoms with Crippen LogP contribution in [-0.2, 0) is 9.59 Å². The molecule has 0 aromatic heterocycles. The first-order valence-corrected chi connectivity index (χ1v) is 9.13. The monoisotopic (exact) mass is 364 g/mol. The summed E-state index contributed by atoms with van der Waals surface area (Å²) in [6.07, 6.45) is 0.667. The molecule has 4 aliphatic rings. The van der Waals surface area contributed by atoms with Crippen molar-refractivity contribution in [2.24, 2.45) is 11.8 Å². The summed E-state index contributed by atoms with van der Waals surface area (Å²) >= 11 is 0. The predicted molar refractivity (Wildman–Crippen MR) is 90.0 cm³/mol. The van der Waals surface area contributed by atoms with E-state index in [0.29, 0.717) is 18.5 Å². The SMILES string of the molecule is C[C@@H](O)[C@H]1C(=O)N2C(C(=O)O)=C3CN(C(=O)NC4CCNC4)CC[C@@H]3[C@H]12. The zero-order chi connectivity index (χ0) is 18.6. The maximum absolute atomic E-state index is 12.5.